The minimum atomic E-state index is -3.58. The standard InChI is InChI=1S/C39H29O4S2Si/c1-46(28-22-18-26(19-23-28)38-30-10-2-6-14-34(30)44(40,41)35-15-7-3-11-31(35)38)29-24-20-27(21-25-29)39-32-12-4-8-16-36(32)45(42,43)37-17-9-5-13-33(37)39/h2-25,38-39H,1H3. The lowest BCUT2D eigenvalue weighted by Crippen LogP contribution is -2.39. The average molecular weight is 654 g/mol. The van der Waals surface area contributed by atoms with Crippen molar-refractivity contribution in [3.05, 3.63) is 179 Å². The van der Waals surface area contributed by atoms with E-state index in [1.807, 2.05) is 48.5 Å². The lowest BCUT2D eigenvalue weighted by Gasteiger charge is -2.29. The average Bonchev–Trinajstić information content (AvgIpc) is 3.09. The molecule has 0 aromatic heterocycles. The Kier molecular flexibility index (Phi) is 6.76. The van der Waals surface area contributed by atoms with Crippen molar-refractivity contribution >= 4 is 38.8 Å². The van der Waals surface area contributed by atoms with Crippen molar-refractivity contribution in [3.8, 4) is 0 Å². The summed E-state index contributed by atoms with van der Waals surface area (Å²) in [6.45, 7) is 2.28. The van der Waals surface area contributed by atoms with Crippen LogP contribution in [0.5, 0.6) is 0 Å². The quantitative estimate of drug-likeness (QED) is 0.202. The van der Waals surface area contributed by atoms with Crippen LogP contribution in [0.3, 0.4) is 0 Å². The molecule has 0 N–H and O–H groups in total. The summed E-state index contributed by atoms with van der Waals surface area (Å²) in [4.78, 5) is 1.51. The highest BCUT2D eigenvalue weighted by Crippen LogP contribution is 2.46. The smallest absolute Gasteiger partial charge is 0.207 e. The van der Waals surface area contributed by atoms with E-state index < -0.39 is 28.5 Å². The van der Waals surface area contributed by atoms with Gasteiger partial charge in [0.25, 0.3) is 0 Å². The molecule has 1 radical (unpaired) electrons. The van der Waals surface area contributed by atoms with Gasteiger partial charge in [-0.1, -0.05) is 138 Å². The van der Waals surface area contributed by atoms with Crippen molar-refractivity contribution in [1.29, 1.82) is 0 Å². The molecule has 0 saturated heterocycles. The highest BCUT2D eigenvalue weighted by molar-refractivity contribution is 7.92. The maximum Gasteiger partial charge on any atom is 0.207 e. The summed E-state index contributed by atoms with van der Waals surface area (Å²) in [7, 11) is -8.26. The molecule has 0 saturated carbocycles. The van der Waals surface area contributed by atoms with Crippen LogP contribution in [-0.4, -0.2) is 25.6 Å². The molecule has 225 valence electrons. The molecule has 0 bridgehead atoms. The second kappa shape index (κ2) is 10.8. The van der Waals surface area contributed by atoms with Gasteiger partial charge < -0.3 is 0 Å². The minimum absolute atomic E-state index is 0.165. The monoisotopic (exact) mass is 653 g/mol. The second-order valence-electron chi connectivity index (χ2n) is 11.9. The van der Waals surface area contributed by atoms with Crippen molar-refractivity contribution < 1.29 is 16.8 Å². The first-order valence-electron chi connectivity index (χ1n) is 15.2. The molecule has 0 unspecified atom stereocenters. The van der Waals surface area contributed by atoms with E-state index >= 15 is 0 Å². The van der Waals surface area contributed by atoms with Crippen LogP contribution in [0.2, 0.25) is 6.55 Å². The number of sulfone groups is 2. The Labute approximate surface area is 271 Å². The number of rotatable bonds is 4. The van der Waals surface area contributed by atoms with Gasteiger partial charge in [0.15, 0.2) is 0 Å². The van der Waals surface area contributed by atoms with Crippen molar-refractivity contribution in [2.75, 3.05) is 0 Å². The lowest BCUT2D eigenvalue weighted by molar-refractivity contribution is 0.587. The Morgan fingerprint density at radius 2 is 0.652 bits per heavy atom. The van der Waals surface area contributed by atoms with Crippen LogP contribution < -0.4 is 10.4 Å². The van der Waals surface area contributed by atoms with Gasteiger partial charge in [0.05, 0.1) is 19.6 Å². The minimum Gasteiger partial charge on any atom is -0.218 e. The first-order chi connectivity index (χ1) is 22.3. The first kappa shape index (κ1) is 28.9. The van der Waals surface area contributed by atoms with Gasteiger partial charge in [-0.2, -0.15) is 0 Å². The number of hydrogen-bond acceptors (Lipinski definition) is 4. The predicted octanol–water partition coefficient (Wildman–Crippen LogP) is 6.58. The fourth-order valence-electron chi connectivity index (χ4n) is 7.16. The van der Waals surface area contributed by atoms with Crippen LogP contribution in [0.25, 0.3) is 0 Å². The largest absolute Gasteiger partial charge is 0.218 e. The summed E-state index contributed by atoms with van der Waals surface area (Å²) in [5.74, 6) is -0.330. The molecule has 6 aromatic rings. The van der Waals surface area contributed by atoms with E-state index in [1.54, 1.807) is 48.5 Å². The third kappa shape index (κ3) is 4.37. The summed E-state index contributed by atoms with van der Waals surface area (Å²) in [5.41, 5.74) is 5.37. The van der Waals surface area contributed by atoms with E-state index in [9.17, 15) is 16.8 Å². The molecular formula is C39H29O4S2Si. The number of benzene rings is 6. The Morgan fingerprint density at radius 3 is 0.935 bits per heavy atom. The van der Waals surface area contributed by atoms with Crippen LogP contribution in [-0.2, 0) is 19.7 Å². The van der Waals surface area contributed by atoms with Gasteiger partial charge in [-0.3, -0.25) is 0 Å². The highest BCUT2D eigenvalue weighted by atomic mass is 32.2. The van der Waals surface area contributed by atoms with E-state index in [0.717, 1.165) is 33.4 Å². The Morgan fingerprint density at radius 1 is 0.391 bits per heavy atom. The van der Waals surface area contributed by atoms with Crippen LogP contribution >= 0.6 is 0 Å². The van der Waals surface area contributed by atoms with E-state index in [0.29, 0.717) is 19.6 Å². The second-order valence-corrected chi connectivity index (χ2v) is 18.1. The molecule has 0 spiro atoms. The molecule has 6 aromatic carbocycles. The molecule has 46 heavy (non-hydrogen) atoms. The lowest BCUT2D eigenvalue weighted by atomic mass is 9.85. The first-order valence-corrected chi connectivity index (χ1v) is 20.1. The molecule has 4 nitrogen and oxygen atoms in total. The topological polar surface area (TPSA) is 68.3 Å². The van der Waals surface area contributed by atoms with Gasteiger partial charge in [-0.25, -0.2) is 16.8 Å². The SMILES string of the molecule is C[Si](c1ccc(C2c3ccccc3S(=O)(=O)c3ccccc32)cc1)c1ccc(C2c3ccccc3S(=O)(=O)c3ccccc32)cc1. The van der Waals surface area contributed by atoms with Crippen LogP contribution in [0.1, 0.15) is 45.2 Å². The zero-order valence-electron chi connectivity index (χ0n) is 25.0. The van der Waals surface area contributed by atoms with Crippen molar-refractivity contribution in [2.45, 2.75) is 38.0 Å². The van der Waals surface area contributed by atoms with Crippen molar-refractivity contribution in [3.63, 3.8) is 0 Å². The molecule has 8 rings (SSSR count). The molecule has 0 aliphatic carbocycles. The summed E-state index contributed by atoms with van der Waals surface area (Å²) in [6.07, 6.45) is 0. The third-order valence-corrected chi connectivity index (χ3v) is 15.6. The van der Waals surface area contributed by atoms with E-state index in [2.05, 4.69) is 55.1 Å². The Bertz CT molecular complexity index is 2090. The molecule has 7 heteroatoms. The number of fused-ring (bicyclic) bond motifs is 4. The zero-order chi connectivity index (χ0) is 31.6. The third-order valence-electron chi connectivity index (χ3n) is 9.43. The van der Waals surface area contributed by atoms with E-state index in [4.69, 9.17) is 0 Å². The molecule has 2 heterocycles. The molecule has 2 aliphatic heterocycles. The highest BCUT2D eigenvalue weighted by Gasteiger charge is 2.37. The van der Waals surface area contributed by atoms with Gasteiger partial charge in [0.2, 0.25) is 19.7 Å². The van der Waals surface area contributed by atoms with E-state index in [-0.39, 0.29) is 11.8 Å². The van der Waals surface area contributed by atoms with Crippen molar-refractivity contribution in [2.24, 2.45) is 0 Å². The fourth-order valence-corrected chi connectivity index (χ4v) is 12.3. The fraction of sp³-hybridized carbons (Fsp3) is 0.0769. The van der Waals surface area contributed by atoms with Gasteiger partial charge in [0, 0.05) is 11.8 Å². The summed E-state index contributed by atoms with van der Waals surface area (Å²) >= 11 is 0. The van der Waals surface area contributed by atoms with Gasteiger partial charge in [0.1, 0.15) is 8.80 Å². The van der Waals surface area contributed by atoms with Crippen LogP contribution in [0.4, 0.5) is 0 Å². The predicted molar refractivity (Wildman–Crippen MR) is 182 cm³/mol. The summed E-state index contributed by atoms with van der Waals surface area (Å²) in [6, 6.07) is 46.6. The summed E-state index contributed by atoms with van der Waals surface area (Å²) < 4.78 is 53.7. The van der Waals surface area contributed by atoms with E-state index in [1.165, 1.54) is 10.4 Å². The van der Waals surface area contributed by atoms with Gasteiger partial charge in [-0.05, 0) is 57.6 Å². The van der Waals surface area contributed by atoms with Crippen LogP contribution in [0.15, 0.2) is 165 Å². The molecular weight excluding hydrogens is 625 g/mol. The zero-order valence-corrected chi connectivity index (χ0v) is 27.6. The Balaban J connectivity index is 1.12. The molecule has 2 aliphatic rings. The maximum absolute atomic E-state index is 13.4. The van der Waals surface area contributed by atoms with Crippen molar-refractivity contribution in [1.82, 2.24) is 0 Å². The Hall–Kier alpha value is -4.56. The van der Waals surface area contributed by atoms with Gasteiger partial charge in [-0.15, -0.1) is 0 Å². The van der Waals surface area contributed by atoms with Crippen LogP contribution in [0, 0.1) is 0 Å². The normalized spacial score (nSPS) is 16.2. The molecule has 0 fully saturated rings. The molecule has 0 amide bonds. The maximum atomic E-state index is 13.4. The summed E-state index contributed by atoms with van der Waals surface area (Å²) in [5, 5.41) is 2.51. The number of hydrogen-bond donors (Lipinski definition) is 0. The van der Waals surface area contributed by atoms with Gasteiger partial charge >= 0.3 is 0 Å². The molecule has 0 atom stereocenters.